The number of anilines is 3. The fourth-order valence-electron chi connectivity index (χ4n) is 1.25. The first-order valence-electron chi connectivity index (χ1n) is 6.16. The average molecular weight is 301 g/mol. The van der Waals surface area contributed by atoms with Gasteiger partial charge in [0.1, 0.15) is 0 Å². The molecule has 8 heteroatoms. The van der Waals surface area contributed by atoms with Crippen molar-refractivity contribution in [1.82, 2.24) is 15.0 Å². The van der Waals surface area contributed by atoms with Crippen LogP contribution in [0.25, 0.3) is 0 Å². The average Bonchev–Trinajstić information content (AvgIpc) is 2.44. The number of unbranched alkanes of at least 4 members (excludes halogenated alkanes) is 1. The third-order valence-electron chi connectivity index (χ3n) is 2.34. The third kappa shape index (κ3) is 5.91. The number of nitrogens with zero attached hydrogens (tertiary/aromatic N) is 4. The van der Waals surface area contributed by atoms with Crippen LogP contribution in [0.2, 0.25) is 0 Å². The largest absolute Gasteiger partial charge is 0.354 e. The van der Waals surface area contributed by atoms with Crippen LogP contribution in [0.4, 0.5) is 17.8 Å². The van der Waals surface area contributed by atoms with Crippen molar-refractivity contribution in [1.29, 1.82) is 0 Å². The summed E-state index contributed by atoms with van der Waals surface area (Å²) < 4.78 is 0. The van der Waals surface area contributed by atoms with Gasteiger partial charge in [-0.1, -0.05) is 19.3 Å². The molecular formula is C12H21ClN6O. The van der Waals surface area contributed by atoms with E-state index < -0.39 is 0 Å². The highest BCUT2D eigenvalue weighted by Gasteiger charge is 2.09. The van der Waals surface area contributed by atoms with E-state index in [1.807, 2.05) is 0 Å². The Morgan fingerprint density at radius 2 is 1.90 bits per heavy atom. The minimum Gasteiger partial charge on any atom is -0.354 e. The molecule has 20 heavy (non-hydrogen) atoms. The summed E-state index contributed by atoms with van der Waals surface area (Å²) in [6, 6.07) is 0. The van der Waals surface area contributed by atoms with Gasteiger partial charge in [0.25, 0.3) is 5.95 Å². The molecule has 0 fully saturated rings. The lowest BCUT2D eigenvalue weighted by Gasteiger charge is -2.15. The fraction of sp³-hybridized carbons (Fsp3) is 0.583. The van der Waals surface area contributed by atoms with E-state index in [1.54, 1.807) is 14.2 Å². The lowest BCUT2D eigenvalue weighted by Crippen LogP contribution is -2.20. The summed E-state index contributed by atoms with van der Waals surface area (Å²) in [6.07, 6.45) is 7.35. The number of terminal acetylenes is 1. The van der Waals surface area contributed by atoms with Crippen LogP contribution in [0, 0.1) is 12.3 Å². The van der Waals surface area contributed by atoms with Gasteiger partial charge >= 0.3 is 0 Å². The second-order valence-corrected chi connectivity index (χ2v) is 3.80. The molecule has 0 unspecified atom stereocenters. The Balaban J connectivity index is 0.00000361. The molecule has 0 aromatic carbocycles. The van der Waals surface area contributed by atoms with Gasteiger partial charge in [-0.2, -0.15) is 15.0 Å². The van der Waals surface area contributed by atoms with Crippen molar-refractivity contribution in [2.75, 3.05) is 42.9 Å². The van der Waals surface area contributed by atoms with Gasteiger partial charge in [0.05, 0.1) is 13.7 Å². The van der Waals surface area contributed by atoms with Crippen molar-refractivity contribution in [3.8, 4) is 12.3 Å². The van der Waals surface area contributed by atoms with E-state index in [2.05, 4.69) is 38.4 Å². The van der Waals surface area contributed by atoms with E-state index in [0.717, 1.165) is 19.4 Å². The Morgan fingerprint density at radius 3 is 2.45 bits per heavy atom. The van der Waals surface area contributed by atoms with Crippen molar-refractivity contribution in [3.63, 3.8) is 0 Å². The van der Waals surface area contributed by atoms with Crippen molar-refractivity contribution in [2.24, 2.45) is 0 Å². The molecule has 0 bridgehead atoms. The number of hydroxylamine groups is 1. The molecular weight excluding hydrogens is 280 g/mol. The Bertz CT molecular complexity index is 436. The molecule has 2 N–H and O–H groups in total. The Kier molecular flexibility index (Phi) is 9.17. The molecule has 1 rings (SSSR count). The van der Waals surface area contributed by atoms with Gasteiger partial charge in [-0.05, 0) is 6.42 Å². The molecule has 1 aromatic rings. The van der Waals surface area contributed by atoms with E-state index in [4.69, 9.17) is 11.3 Å². The maximum absolute atomic E-state index is 5.20. The fourth-order valence-corrected chi connectivity index (χ4v) is 1.25. The van der Waals surface area contributed by atoms with Crippen molar-refractivity contribution >= 4 is 30.3 Å². The van der Waals surface area contributed by atoms with Crippen LogP contribution in [-0.2, 0) is 4.84 Å². The first-order chi connectivity index (χ1) is 9.21. The molecule has 0 saturated carbocycles. The summed E-state index contributed by atoms with van der Waals surface area (Å²) in [7, 11) is 3.26. The second kappa shape index (κ2) is 10.1. The number of aromatic nitrogens is 3. The van der Waals surface area contributed by atoms with E-state index in [0.29, 0.717) is 24.4 Å². The van der Waals surface area contributed by atoms with E-state index in [1.165, 1.54) is 5.06 Å². The monoisotopic (exact) mass is 300 g/mol. The summed E-state index contributed by atoms with van der Waals surface area (Å²) in [4.78, 5) is 17.8. The van der Waals surface area contributed by atoms with Crippen LogP contribution in [0.1, 0.15) is 19.8 Å². The van der Waals surface area contributed by atoms with Gasteiger partial charge in [-0.3, -0.25) is 4.84 Å². The smallest absolute Gasteiger partial charge is 0.256 e. The highest BCUT2D eigenvalue weighted by Crippen LogP contribution is 2.12. The number of hydrogen-bond acceptors (Lipinski definition) is 7. The minimum atomic E-state index is 0. The van der Waals surface area contributed by atoms with Crippen LogP contribution >= 0.6 is 12.4 Å². The highest BCUT2D eigenvalue weighted by atomic mass is 35.5. The first-order valence-corrected chi connectivity index (χ1v) is 6.16. The zero-order valence-electron chi connectivity index (χ0n) is 12.0. The topological polar surface area (TPSA) is 75.2 Å². The molecule has 1 aromatic heterocycles. The maximum atomic E-state index is 5.20. The van der Waals surface area contributed by atoms with Gasteiger partial charge in [0.15, 0.2) is 0 Å². The summed E-state index contributed by atoms with van der Waals surface area (Å²) in [5.41, 5.74) is 0. The van der Waals surface area contributed by atoms with Crippen LogP contribution in [0.3, 0.4) is 0 Å². The predicted octanol–water partition coefficient (Wildman–Crippen LogP) is 1.55. The van der Waals surface area contributed by atoms with Crippen LogP contribution in [-0.4, -0.2) is 42.2 Å². The standard InChI is InChI=1S/C12H20N6O.ClH/c1-5-7-9-14-11-15-10(13-8-6-2)16-12(17-11)18(3)19-4;/h2H,5,7-9H2,1,3-4H3,(H2,13,14,15,16,17);1H. The summed E-state index contributed by atoms with van der Waals surface area (Å²) >= 11 is 0. The highest BCUT2D eigenvalue weighted by molar-refractivity contribution is 5.85. The lowest BCUT2D eigenvalue weighted by atomic mass is 10.3. The molecule has 0 radical (unpaired) electrons. The molecule has 0 atom stereocenters. The Morgan fingerprint density at radius 1 is 1.25 bits per heavy atom. The zero-order valence-corrected chi connectivity index (χ0v) is 12.8. The van der Waals surface area contributed by atoms with Gasteiger partial charge in [0, 0.05) is 13.6 Å². The quantitative estimate of drug-likeness (QED) is 0.428. The molecule has 0 aliphatic rings. The maximum Gasteiger partial charge on any atom is 0.256 e. The normalized spacial score (nSPS) is 9.30. The number of rotatable bonds is 8. The molecule has 0 amide bonds. The summed E-state index contributed by atoms with van der Waals surface area (Å²) in [5, 5.41) is 7.52. The van der Waals surface area contributed by atoms with E-state index >= 15 is 0 Å². The molecule has 7 nitrogen and oxygen atoms in total. The predicted molar refractivity (Wildman–Crippen MR) is 83.2 cm³/mol. The van der Waals surface area contributed by atoms with Crippen molar-refractivity contribution in [2.45, 2.75) is 19.8 Å². The van der Waals surface area contributed by atoms with Gasteiger partial charge in [0.2, 0.25) is 11.9 Å². The molecule has 1 heterocycles. The number of nitrogens with one attached hydrogen (secondary N) is 2. The van der Waals surface area contributed by atoms with E-state index in [-0.39, 0.29) is 12.4 Å². The third-order valence-corrected chi connectivity index (χ3v) is 2.34. The zero-order chi connectivity index (χ0) is 14.1. The number of halogens is 1. The van der Waals surface area contributed by atoms with Crippen molar-refractivity contribution < 1.29 is 4.84 Å². The first kappa shape index (κ1) is 18.2. The lowest BCUT2D eigenvalue weighted by molar-refractivity contribution is 0.180. The van der Waals surface area contributed by atoms with Crippen molar-refractivity contribution in [3.05, 3.63) is 0 Å². The van der Waals surface area contributed by atoms with Gasteiger partial charge in [-0.15, -0.1) is 18.8 Å². The molecule has 112 valence electrons. The summed E-state index contributed by atoms with van der Waals surface area (Å²) in [6.45, 7) is 3.29. The second-order valence-electron chi connectivity index (χ2n) is 3.80. The Hall–Kier alpha value is -1.78. The SMILES string of the molecule is C#CCNc1nc(NCCCC)nc(N(C)OC)n1.Cl. The van der Waals surface area contributed by atoms with Crippen LogP contribution < -0.4 is 15.7 Å². The van der Waals surface area contributed by atoms with Crippen LogP contribution in [0.5, 0.6) is 0 Å². The number of hydrogen-bond donors (Lipinski definition) is 2. The molecule has 0 aliphatic heterocycles. The van der Waals surface area contributed by atoms with Crippen LogP contribution in [0.15, 0.2) is 0 Å². The van der Waals surface area contributed by atoms with Gasteiger partial charge in [-0.25, -0.2) is 5.06 Å². The van der Waals surface area contributed by atoms with E-state index in [9.17, 15) is 0 Å². The molecule has 0 spiro atoms. The molecule has 0 aliphatic carbocycles. The summed E-state index contributed by atoms with van der Waals surface area (Å²) in [5.74, 6) is 3.81. The van der Waals surface area contributed by atoms with Gasteiger partial charge < -0.3 is 10.6 Å². The molecule has 0 saturated heterocycles. The minimum absolute atomic E-state index is 0. The Labute approximate surface area is 125 Å².